The van der Waals surface area contributed by atoms with E-state index in [4.69, 9.17) is 0 Å². The summed E-state index contributed by atoms with van der Waals surface area (Å²) in [7, 11) is 0.773. The summed E-state index contributed by atoms with van der Waals surface area (Å²) in [5.74, 6) is 0. The Morgan fingerprint density at radius 1 is 1.30 bits per heavy atom. The second-order valence-electron chi connectivity index (χ2n) is 4.76. The maximum absolute atomic E-state index is 12.7. The van der Waals surface area contributed by atoms with E-state index in [9.17, 15) is 17.4 Å². The average Bonchev–Trinajstić information content (AvgIpc) is 2.77. The molecule has 0 fully saturated rings. The van der Waals surface area contributed by atoms with Crippen molar-refractivity contribution in [2.45, 2.75) is 16.8 Å². The molecule has 110 valence electrons. The van der Waals surface area contributed by atoms with Crippen molar-refractivity contribution < 1.29 is 17.4 Å². The third-order valence-corrected chi connectivity index (χ3v) is 4.15. The molecule has 0 radical (unpaired) electrons. The third-order valence-electron chi connectivity index (χ3n) is 2.99. The van der Waals surface area contributed by atoms with Crippen molar-refractivity contribution in [2.24, 2.45) is 0 Å². The molecule has 0 saturated heterocycles. The molecule has 0 aliphatic rings. The molecule has 7 heteroatoms. The van der Waals surface area contributed by atoms with Crippen molar-refractivity contribution in [1.29, 1.82) is 0 Å². The maximum Gasteiger partial charge on any atom is 0.475 e. The number of likely N-dealkylation sites (N-methyl/N-ethyl adjacent to an activating group) is 1. The first-order chi connectivity index (χ1) is 9.30. The highest BCUT2D eigenvalue weighted by atomic mass is 32.2. The number of aromatic nitrogens is 1. The Labute approximate surface area is 117 Å². The number of aromatic amines is 1. The summed E-state index contributed by atoms with van der Waals surface area (Å²) < 4.78 is 49.7. The first-order valence-electron chi connectivity index (χ1n) is 6.03. The topological polar surface area (TPSA) is 36.1 Å². The van der Waals surface area contributed by atoms with Gasteiger partial charge in [-0.05, 0) is 38.2 Å². The van der Waals surface area contributed by atoms with Gasteiger partial charge in [0.25, 0.3) is 0 Å². The van der Waals surface area contributed by atoms with E-state index in [0.717, 1.165) is 5.56 Å². The lowest BCUT2D eigenvalue weighted by atomic mass is 10.1. The molecule has 2 rings (SSSR count). The van der Waals surface area contributed by atoms with Gasteiger partial charge in [-0.1, -0.05) is 6.07 Å². The van der Waals surface area contributed by atoms with Crippen LogP contribution in [0, 0.1) is 0 Å². The Morgan fingerprint density at radius 3 is 2.60 bits per heavy atom. The molecule has 1 aromatic carbocycles. The zero-order chi connectivity index (χ0) is 14.9. The van der Waals surface area contributed by atoms with Crippen LogP contribution < -0.4 is 0 Å². The molecular formula is C13H15F3N2OS. The fourth-order valence-electron chi connectivity index (χ4n) is 2.04. The van der Waals surface area contributed by atoms with Crippen LogP contribution in [0.15, 0.2) is 29.3 Å². The van der Waals surface area contributed by atoms with Crippen LogP contribution in [0.3, 0.4) is 0 Å². The Morgan fingerprint density at radius 2 is 2.00 bits per heavy atom. The van der Waals surface area contributed by atoms with E-state index in [-0.39, 0.29) is 4.90 Å². The van der Waals surface area contributed by atoms with Crippen LogP contribution >= 0.6 is 0 Å². The molecule has 0 aliphatic carbocycles. The Kier molecular flexibility index (Phi) is 4.19. The number of hydrogen-bond donors (Lipinski definition) is 1. The Hall–Kier alpha value is -1.34. The zero-order valence-electron chi connectivity index (χ0n) is 11.1. The number of fused-ring (bicyclic) bond motifs is 1. The molecule has 1 N–H and O–H groups in total. The third kappa shape index (κ3) is 3.04. The number of rotatable bonds is 4. The van der Waals surface area contributed by atoms with Crippen LogP contribution in [0.25, 0.3) is 10.9 Å². The first kappa shape index (κ1) is 15.1. The summed E-state index contributed by atoms with van der Waals surface area (Å²) in [5.41, 5.74) is -3.42. The van der Waals surface area contributed by atoms with Crippen molar-refractivity contribution in [2.75, 3.05) is 20.6 Å². The second kappa shape index (κ2) is 5.57. The maximum atomic E-state index is 12.7. The lowest BCUT2D eigenvalue weighted by Crippen LogP contribution is -2.17. The molecule has 1 unspecified atom stereocenters. The predicted molar refractivity (Wildman–Crippen MR) is 73.0 cm³/mol. The Balaban J connectivity index is 2.49. The molecule has 0 amide bonds. The minimum absolute atomic E-state index is 0.176. The molecule has 0 bridgehead atoms. The van der Waals surface area contributed by atoms with Gasteiger partial charge in [-0.25, -0.2) is 4.21 Å². The number of halogens is 3. The van der Waals surface area contributed by atoms with E-state index >= 15 is 0 Å². The van der Waals surface area contributed by atoms with Gasteiger partial charge >= 0.3 is 5.51 Å². The molecule has 1 aromatic heterocycles. The monoisotopic (exact) mass is 304 g/mol. The Bertz CT molecular complexity index is 634. The van der Waals surface area contributed by atoms with Gasteiger partial charge in [0.2, 0.25) is 0 Å². The van der Waals surface area contributed by atoms with Gasteiger partial charge < -0.3 is 9.88 Å². The number of nitrogens with zero attached hydrogens (tertiary/aromatic N) is 1. The van der Waals surface area contributed by atoms with E-state index in [2.05, 4.69) is 4.98 Å². The van der Waals surface area contributed by atoms with E-state index in [1.165, 1.54) is 12.1 Å². The van der Waals surface area contributed by atoms with Crippen LogP contribution in [-0.2, 0) is 17.2 Å². The van der Waals surface area contributed by atoms with Crippen LogP contribution in [0.1, 0.15) is 5.56 Å². The SMILES string of the molecule is CN(C)CCc1c[nH]c2cccc(S(=O)C(F)(F)F)c12. The second-order valence-corrected chi connectivity index (χ2v) is 6.20. The fourth-order valence-corrected chi connectivity index (χ4v) is 2.92. The number of benzene rings is 1. The van der Waals surface area contributed by atoms with E-state index in [1.54, 1.807) is 12.3 Å². The lowest BCUT2D eigenvalue weighted by molar-refractivity contribution is -0.0384. The zero-order valence-corrected chi connectivity index (χ0v) is 11.9. The number of H-pyrrole nitrogens is 1. The van der Waals surface area contributed by atoms with E-state index < -0.39 is 16.3 Å². The molecule has 0 saturated carbocycles. The molecule has 2 aromatic rings. The molecular weight excluding hydrogens is 289 g/mol. The van der Waals surface area contributed by atoms with Gasteiger partial charge in [0.1, 0.15) is 0 Å². The quantitative estimate of drug-likeness (QED) is 0.943. The molecule has 0 aliphatic heterocycles. The standard InChI is InChI=1S/C13H15F3N2OS/c1-18(2)7-6-9-8-17-10-4-3-5-11(12(9)10)20(19)13(14,15)16/h3-5,8,17H,6-7H2,1-2H3. The van der Waals surface area contributed by atoms with Crippen LogP contribution in [0.4, 0.5) is 13.2 Å². The summed E-state index contributed by atoms with van der Waals surface area (Å²) in [6.07, 6.45) is 2.28. The summed E-state index contributed by atoms with van der Waals surface area (Å²) >= 11 is 0. The van der Waals surface area contributed by atoms with E-state index in [0.29, 0.717) is 23.9 Å². The average molecular weight is 304 g/mol. The summed E-state index contributed by atoms with van der Waals surface area (Å²) in [6.45, 7) is 0.708. The van der Waals surface area contributed by atoms with Crippen molar-refractivity contribution >= 4 is 21.7 Å². The fraction of sp³-hybridized carbons (Fsp3) is 0.385. The van der Waals surface area contributed by atoms with Crippen LogP contribution in [-0.4, -0.2) is 40.2 Å². The molecule has 3 nitrogen and oxygen atoms in total. The lowest BCUT2D eigenvalue weighted by Gasteiger charge is -2.11. The number of nitrogens with one attached hydrogen (secondary N) is 1. The smallest absolute Gasteiger partial charge is 0.361 e. The minimum Gasteiger partial charge on any atom is -0.361 e. The van der Waals surface area contributed by atoms with Gasteiger partial charge in [0, 0.05) is 23.6 Å². The highest BCUT2D eigenvalue weighted by Gasteiger charge is 2.39. The highest BCUT2D eigenvalue weighted by molar-refractivity contribution is 7.86. The summed E-state index contributed by atoms with van der Waals surface area (Å²) in [5, 5.41) is 0.421. The van der Waals surface area contributed by atoms with Crippen molar-refractivity contribution in [3.63, 3.8) is 0 Å². The van der Waals surface area contributed by atoms with Gasteiger partial charge in [0.05, 0.1) is 4.90 Å². The van der Waals surface area contributed by atoms with Crippen molar-refractivity contribution in [3.8, 4) is 0 Å². The van der Waals surface area contributed by atoms with Gasteiger partial charge in [-0.3, -0.25) is 0 Å². The first-order valence-corrected chi connectivity index (χ1v) is 7.18. The van der Waals surface area contributed by atoms with Gasteiger partial charge in [0.15, 0.2) is 10.8 Å². The number of alkyl halides is 3. The predicted octanol–water partition coefficient (Wildman–Crippen LogP) is 2.90. The number of hydrogen-bond acceptors (Lipinski definition) is 2. The molecule has 0 spiro atoms. The van der Waals surface area contributed by atoms with Gasteiger partial charge in [-0.2, -0.15) is 13.2 Å². The largest absolute Gasteiger partial charge is 0.475 e. The molecule has 1 atom stereocenters. The normalized spacial score (nSPS) is 14.1. The molecule has 1 heterocycles. The van der Waals surface area contributed by atoms with E-state index in [1.807, 2.05) is 19.0 Å². The van der Waals surface area contributed by atoms with Crippen LogP contribution in [0.5, 0.6) is 0 Å². The minimum atomic E-state index is -4.75. The highest BCUT2D eigenvalue weighted by Crippen LogP contribution is 2.32. The summed E-state index contributed by atoms with van der Waals surface area (Å²) in [4.78, 5) is 4.71. The van der Waals surface area contributed by atoms with Crippen molar-refractivity contribution in [3.05, 3.63) is 30.0 Å². The van der Waals surface area contributed by atoms with Gasteiger partial charge in [-0.15, -0.1) is 0 Å². The molecule has 20 heavy (non-hydrogen) atoms. The van der Waals surface area contributed by atoms with Crippen LogP contribution in [0.2, 0.25) is 0 Å². The van der Waals surface area contributed by atoms with Crippen molar-refractivity contribution in [1.82, 2.24) is 9.88 Å². The summed E-state index contributed by atoms with van der Waals surface area (Å²) in [6, 6.07) is 4.44.